The van der Waals surface area contributed by atoms with Crippen molar-refractivity contribution in [3.8, 4) is 0 Å². The zero-order valence-electron chi connectivity index (χ0n) is 14.8. The molecule has 4 heterocycles. The quantitative estimate of drug-likeness (QED) is 0.767. The molecule has 1 amide bonds. The molecule has 10 nitrogen and oxygen atoms in total. The van der Waals surface area contributed by atoms with Crippen LogP contribution in [0.2, 0.25) is 0 Å². The molecule has 2 aliphatic rings. The fraction of sp³-hybridized carbons (Fsp3) is 0.562. The Bertz CT molecular complexity index is 872. The number of carboxylic acid groups (broad SMARTS) is 1. The van der Waals surface area contributed by atoms with Gasteiger partial charge in [-0.2, -0.15) is 5.10 Å². The molecule has 1 fully saturated rings. The van der Waals surface area contributed by atoms with E-state index in [0.29, 0.717) is 30.2 Å². The van der Waals surface area contributed by atoms with Crippen molar-refractivity contribution in [2.24, 2.45) is 7.05 Å². The summed E-state index contributed by atoms with van der Waals surface area (Å²) in [6.45, 7) is 1.93. The zero-order chi connectivity index (χ0) is 19.0. The molecular weight excluding hydrogens is 372 g/mol. The van der Waals surface area contributed by atoms with Crippen LogP contribution in [0.3, 0.4) is 0 Å². The van der Waals surface area contributed by atoms with Gasteiger partial charge in [-0.15, -0.1) is 10.2 Å². The van der Waals surface area contributed by atoms with Crippen LogP contribution in [0.15, 0.2) is 0 Å². The van der Waals surface area contributed by atoms with Gasteiger partial charge in [0, 0.05) is 44.4 Å². The fourth-order valence-corrected chi connectivity index (χ4v) is 4.35. The second-order valence-corrected chi connectivity index (χ2v) is 7.67. The molecule has 2 aromatic heterocycles. The van der Waals surface area contributed by atoms with Crippen LogP contribution >= 0.6 is 11.3 Å². The number of hydrogen-bond acceptors (Lipinski definition) is 8. The van der Waals surface area contributed by atoms with Gasteiger partial charge in [-0.3, -0.25) is 19.7 Å². The maximum absolute atomic E-state index is 12.4. The lowest BCUT2D eigenvalue weighted by Gasteiger charge is -2.26. The van der Waals surface area contributed by atoms with Crippen molar-refractivity contribution in [1.29, 1.82) is 0 Å². The number of aromatic nitrogens is 4. The Morgan fingerprint density at radius 2 is 2.26 bits per heavy atom. The highest BCUT2D eigenvalue weighted by Crippen LogP contribution is 2.31. The van der Waals surface area contributed by atoms with E-state index in [0.717, 1.165) is 30.2 Å². The van der Waals surface area contributed by atoms with Crippen molar-refractivity contribution in [3.05, 3.63) is 22.0 Å². The van der Waals surface area contributed by atoms with Crippen LogP contribution in [-0.2, 0) is 29.5 Å². The lowest BCUT2D eigenvalue weighted by molar-refractivity contribution is -0.117. The second-order valence-electron chi connectivity index (χ2n) is 6.66. The van der Waals surface area contributed by atoms with E-state index in [4.69, 9.17) is 4.74 Å². The molecular formula is C16H20N6O4S. The number of aryl methyl sites for hydroxylation is 1. The van der Waals surface area contributed by atoms with Crippen LogP contribution < -0.4 is 5.32 Å². The average Bonchev–Trinajstić information content (AvgIpc) is 3.35. The maximum Gasteiger partial charge on any atom is 0.356 e. The van der Waals surface area contributed by atoms with Gasteiger partial charge in [0.05, 0.1) is 6.54 Å². The molecule has 0 radical (unpaired) electrons. The minimum Gasteiger partial charge on any atom is -0.476 e. The molecule has 1 saturated heterocycles. The number of nitrogens with one attached hydrogen (secondary N) is 1. The SMILES string of the molecule is Cn1nc(C(=O)O)c2c1CCN(CC(=O)Nc1nnc(C3CCCO3)s1)C2. The van der Waals surface area contributed by atoms with Crippen LogP contribution in [0.5, 0.6) is 0 Å². The van der Waals surface area contributed by atoms with E-state index < -0.39 is 5.97 Å². The third kappa shape index (κ3) is 3.70. The number of hydrogen-bond donors (Lipinski definition) is 2. The summed E-state index contributed by atoms with van der Waals surface area (Å²) in [5.74, 6) is -1.25. The molecule has 2 aliphatic heterocycles. The molecule has 0 saturated carbocycles. The summed E-state index contributed by atoms with van der Waals surface area (Å²) < 4.78 is 7.19. The highest BCUT2D eigenvalue weighted by molar-refractivity contribution is 7.15. The summed E-state index contributed by atoms with van der Waals surface area (Å²) in [5.41, 5.74) is 1.65. The normalized spacial score (nSPS) is 19.8. The molecule has 1 unspecified atom stereocenters. The first-order valence-electron chi connectivity index (χ1n) is 8.76. The number of aromatic carboxylic acids is 1. The molecule has 0 spiro atoms. The van der Waals surface area contributed by atoms with Crippen molar-refractivity contribution in [2.75, 3.05) is 25.0 Å². The Labute approximate surface area is 159 Å². The summed E-state index contributed by atoms with van der Waals surface area (Å²) >= 11 is 1.33. The third-order valence-electron chi connectivity index (χ3n) is 4.78. The van der Waals surface area contributed by atoms with E-state index in [2.05, 4.69) is 20.6 Å². The standard InChI is InChI=1S/C16H20N6O4S/c1-21-10-4-5-22(7-9(10)13(20-21)15(24)25)8-12(23)17-16-19-18-14(27-16)11-3-2-6-26-11/h11H,2-8H2,1H3,(H,24,25)(H,17,19,23). The monoisotopic (exact) mass is 392 g/mol. The average molecular weight is 392 g/mol. The number of carbonyl (C=O) groups is 2. The number of carbonyl (C=O) groups excluding carboxylic acids is 1. The highest BCUT2D eigenvalue weighted by Gasteiger charge is 2.28. The topological polar surface area (TPSA) is 122 Å². The lowest BCUT2D eigenvalue weighted by Crippen LogP contribution is -2.37. The van der Waals surface area contributed by atoms with Crippen LogP contribution in [0.4, 0.5) is 5.13 Å². The minimum absolute atomic E-state index is 0.0197. The van der Waals surface area contributed by atoms with E-state index in [-0.39, 0.29) is 24.2 Å². The van der Waals surface area contributed by atoms with Crippen LogP contribution in [-0.4, -0.2) is 61.6 Å². The largest absolute Gasteiger partial charge is 0.476 e. The number of amides is 1. The second kappa shape index (κ2) is 7.33. The molecule has 0 aliphatic carbocycles. The van der Waals surface area contributed by atoms with Gasteiger partial charge >= 0.3 is 5.97 Å². The van der Waals surface area contributed by atoms with E-state index in [1.165, 1.54) is 11.3 Å². The molecule has 0 bridgehead atoms. The van der Waals surface area contributed by atoms with Crippen molar-refractivity contribution in [2.45, 2.75) is 31.9 Å². The number of nitrogens with zero attached hydrogens (tertiary/aromatic N) is 5. The Balaban J connectivity index is 1.37. The molecule has 144 valence electrons. The summed E-state index contributed by atoms with van der Waals surface area (Å²) in [4.78, 5) is 25.6. The lowest BCUT2D eigenvalue weighted by atomic mass is 10.1. The van der Waals surface area contributed by atoms with Gasteiger partial charge in [-0.25, -0.2) is 4.79 Å². The van der Waals surface area contributed by atoms with Gasteiger partial charge < -0.3 is 9.84 Å². The van der Waals surface area contributed by atoms with Crippen molar-refractivity contribution in [1.82, 2.24) is 24.9 Å². The van der Waals surface area contributed by atoms with Gasteiger partial charge in [0.15, 0.2) is 5.69 Å². The van der Waals surface area contributed by atoms with Crippen LogP contribution in [0, 0.1) is 0 Å². The first-order valence-corrected chi connectivity index (χ1v) is 9.58. The van der Waals surface area contributed by atoms with Crippen molar-refractivity contribution >= 4 is 28.3 Å². The predicted molar refractivity (Wildman–Crippen MR) is 95.6 cm³/mol. The van der Waals surface area contributed by atoms with E-state index in [1.807, 2.05) is 4.90 Å². The molecule has 0 aromatic carbocycles. The molecule has 1 atom stereocenters. The fourth-order valence-electron chi connectivity index (χ4n) is 3.50. The summed E-state index contributed by atoms with van der Waals surface area (Å²) in [6, 6.07) is 0. The molecule has 2 aromatic rings. The van der Waals surface area contributed by atoms with E-state index >= 15 is 0 Å². The number of anilines is 1. The molecule has 11 heteroatoms. The predicted octanol–water partition coefficient (Wildman–Crippen LogP) is 0.818. The minimum atomic E-state index is -1.05. The van der Waals surface area contributed by atoms with Gasteiger partial charge in [0.25, 0.3) is 0 Å². The van der Waals surface area contributed by atoms with E-state index in [1.54, 1.807) is 11.7 Å². The molecule has 4 rings (SSSR count). The summed E-state index contributed by atoms with van der Waals surface area (Å²) in [6.07, 6.45) is 2.57. The third-order valence-corrected chi connectivity index (χ3v) is 5.71. The van der Waals surface area contributed by atoms with Crippen molar-refractivity contribution < 1.29 is 19.4 Å². The number of ether oxygens (including phenoxy) is 1. The Hall–Kier alpha value is -2.37. The molecule has 27 heavy (non-hydrogen) atoms. The Morgan fingerprint density at radius 1 is 1.41 bits per heavy atom. The highest BCUT2D eigenvalue weighted by atomic mass is 32.1. The zero-order valence-corrected chi connectivity index (χ0v) is 15.7. The van der Waals surface area contributed by atoms with Crippen LogP contribution in [0.25, 0.3) is 0 Å². The first kappa shape index (κ1) is 18.0. The van der Waals surface area contributed by atoms with Gasteiger partial charge in [-0.05, 0) is 12.8 Å². The van der Waals surface area contributed by atoms with Gasteiger partial charge in [0.1, 0.15) is 11.1 Å². The van der Waals surface area contributed by atoms with Crippen LogP contribution in [0.1, 0.15) is 45.7 Å². The van der Waals surface area contributed by atoms with Crippen molar-refractivity contribution in [3.63, 3.8) is 0 Å². The number of carboxylic acids is 1. The maximum atomic E-state index is 12.4. The van der Waals surface area contributed by atoms with Gasteiger partial charge in [0.2, 0.25) is 11.0 Å². The van der Waals surface area contributed by atoms with Gasteiger partial charge in [-0.1, -0.05) is 11.3 Å². The Morgan fingerprint density at radius 3 is 3.00 bits per heavy atom. The molecule has 2 N–H and O–H groups in total. The summed E-state index contributed by atoms with van der Waals surface area (Å²) in [7, 11) is 1.74. The Kier molecular flexibility index (Phi) is 4.89. The first-order chi connectivity index (χ1) is 13.0. The summed E-state index contributed by atoms with van der Waals surface area (Å²) in [5, 5.41) is 25.5. The number of rotatable bonds is 5. The number of fused-ring (bicyclic) bond motifs is 1. The van der Waals surface area contributed by atoms with E-state index in [9.17, 15) is 14.7 Å². The smallest absolute Gasteiger partial charge is 0.356 e.